The van der Waals surface area contributed by atoms with Crippen molar-refractivity contribution in [3.05, 3.63) is 0 Å². The third-order valence-corrected chi connectivity index (χ3v) is 3.68. The summed E-state index contributed by atoms with van der Waals surface area (Å²) >= 11 is 0. The van der Waals surface area contributed by atoms with E-state index >= 15 is 0 Å². The van der Waals surface area contributed by atoms with E-state index < -0.39 is 0 Å². The van der Waals surface area contributed by atoms with Crippen molar-refractivity contribution in [1.82, 2.24) is 10.2 Å². The lowest BCUT2D eigenvalue weighted by Gasteiger charge is -2.23. The van der Waals surface area contributed by atoms with Crippen LogP contribution in [0.5, 0.6) is 0 Å². The molecule has 0 bridgehead atoms. The van der Waals surface area contributed by atoms with Crippen LogP contribution in [0.25, 0.3) is 0 Å². The summed E-state index contributed by atoms with van der Waals surface area (Å²) in [4.78, 5) is 13.6. The number of carbonyl (C=O) groups is 1. The van der Waals surface area contributed by atoms with Gasteiger partial charge in [-0.15, -0.1) is 0 Å². The minimum atomic E-state index is -0.291. The number of hydrogen-bond donors (Lipinski definition) is 2. The second-order valence-corrected chi connectivity index (χ2v) is 5.03. The fourth-order valence-electron chi connectivity index (χ4n) is 2.62. The molecule has 2 rings (SSSR count). The van der Waals surface area contributed by atoms with Crippen molar-refractivity contribution >= 4 is 5.91 Å². The van der Waals surface area contributed by atoms with Crippen LogP contribution in [0.2, 0.25) is 0 Å². The van der Waals surface area contributed by atoms with Crippen molar-refractivity contribution < 1.29 is 9.90 Å². The molecule has 2 atom stereocenters. The molecule has 2 aliphatic rings. The molecule has 0 aromatic rings. The Morgan fingerprint density at radius 1 is 1.44 bits per heavy atom. The zero-order chi connectivity index (χ0) is 11.4. The SMILES string of the molecule is O=C(CCC1CCCNC1)N1CC[C@H](O)C1. The summed E-state index contributed by atoms with van der Waals surface area (Å²) in [6.45, 7) is 3.48. The number of piperidine rings is 1. The first-order valence-corrected chi connectivity index (χ1v) is 6.42. The number of carbonyl (C=O) groups excluding carboxylic acids is 1. The number of nitrogens with zero attached hydrogens (tertiary/aromatic N) is 1. The van der Waals surface area contributed by atoms with Crippen LogP contribution in [0, 0.1) is 5.92 Å². The Balaban J connectivity index is 1.67. The summed E-state index contributed by atoms with van der Waals surface area (Å²) in [5.41, 5.74) is 0. The van der Waals surface area contributed by atoms with Crippen molar-refractivity contribution in [3.8, 4) is 0 Å². The van der Waals surface area contributed by atoms with Crippen LogP contribution in [0.15, 0.2) is 0 Å². The van der Waals surface area contributed by atoms with Gasteiger partial charge in [-0.25, -0.2) is 0 Å². The molecule has 0 saturated carbocycles. The topological polar surface area (TPSA) is 52.6 Å². The van der Waals surface area contributed by atoms with Gasteiger partial charge in [-0.3, -0.25) is 4.79 Å². The van der Waals surface area contributed by atoms with Gasteiger partial charge in [0, 0.05) is 19.5 Å². The van der Waals surface area contributed by atoms with E-state index in [2.05, 4.69) is 5.32 Å². The van der Waals surface area contributed by atoms with E-state index in [1.54, 1.807) is 4.90 Å². The first kappa shape index (κ1) is 11.9. The maximum absolute atomic E-state index is 11.8. The average molecular weight is 226 g/mol. The van der Waals surface area contributed by atoms with Gasteiger partial charge in [-0.1, -0.05) is 0 Å². The summed E-state index contributed by atoms with van der Waals surface area (Å²) in [6, 6.07) is 0. The lowest BCUT2D eigenvalue weighted by Crippen LogP contribution is -2.32. The highest BCUT2D eigenvalue weighted by Crippen LogP contribution is 2.18. The lowest BCUT2D eigenvalue weighted by molar-refractivity contribution is -0.130. The molecular formula is C12H22N2O2. The van der Waals surface area contributed by atoms with E-state index in [9.17, 15) is 9.90 Å². The van der Waals surface area contributed by atoms with Crippen molar-refractivity contribution in [1.29, 1.82) is 0 Å². The normalized spacial score (nSPS) is 30.7. The van der Waals surface area contributed by atoms with E-state index in [-0.39, 0.29) is 12.0 Å². The first-order chi connectivity index (χ1) is 7.75. The van der Waals surface area contributed by atoms with E-state index in [1.807, 2.05) is 0 Å². The Bertz CT molecular complexity index is 239. The van der Waals surface area contributed by atoms with Gasteiger partial charge < -0.3 is 15.3 Å². The summed E-state index contributed by atoms with van der Waals surface area (Å²) in [5.74, 6) is 0.896. The number of aliphatic hydroxyl groups is 1. The zero-order valence-electron chi connectivity index (χ0n) is 9.82. The fourth-order valence-corrected chi connectivity index (χ4v) is 2.62. The predicted molar refractivity (Wildman–Crippen MR) is 62.0 cm³/mol. The Labute approximate surface area is 97.0 Å². The van der Waals surface area contributed by atoms with E-state index in [4.69, 9.17) is 0 Å². The molecule has 4 nitrogen and oxygen atoms in total. The summed E-state index contributed by atoms with van der Waals surface area (Å²) in [5, 5.41) is 12.7. The molecule has 0 radical (unpaired) electrons. The summed E-state index contributed by atoms with van der Waals surface area (Å²) < 4.78 is 0. The quantitative estimate of drug-likeness (QED) is 0.730. The van der Waals surface area contributed by atoms with Gasteiger partial charge in [0.15, 0.2) is 0 Å². The van der Waals surface area contributed by atoms with E-state index in [0.717, 1.165) is 32.5 Å². The summed E-state index contributed by atoms with van der Waals surface area (Å²) in [7, 11) is 0. The molecule has 4 heteroatoms. The van der Waals surface area contributed by atoms with Gasteiger partial charge in [0.1, 0.15) is 0 Å². The standard InChI is InChI=1S/C12H22N2O2/c15-11-5-7-14(9-11)12(16)4-3-10-2-1-6-13-8-10/h10-11,13,15H,1-9H2/t10?,11-/m0/s1. The second kappa shape index (κ2) is 5.64. The highest BCUT2D eigenvalue weighted by atomic mass is 16.3. The smallest absolute Gasteiger partial charge is 0.222 e. The molecule has 1 unspecified atom stereocenters. The highest BCUT2D eigenvalue weighted by Gasteiger charge is 2.24. The third-order valence-electron chi connectivity index (χ3n) is 3.68. The second-order valence-electron chi connectivity index (χ2n) is 5.03. The van der Waals surface area contributed by atoms with Crippen LogP contribution < -0.4 is 5.32 Å². The van der Waals surface area contributed by atoms with Crippen LogP contribution in [-0.2, 0) is 4.79 Å². The van der Waals surface area contributed by atoms with Crippen LogP contribution in [0.3, 0.4) is 0 Å². The molecule has 0 spiro atoms. The van der Waals surface area contributed by atoms with Crippen LogP contribution in [0.1, 0.15) is 32.1 Å². The molecule has 1 amide bonds. The molecule has 2 aliphatic heterocycles. The van der Waals surface area contributed by atoms with Crippen LogP contribution >= 0.6 is 0 Å². The number of β-amino-alcohol motifs (C(OH)–C–C–N with tert-alkyl or cyclic N) is 1. The molecule has 0 aromatic carbocycles. The van der Waals surface area contributed by atoms with E-state index in [0.29, 0.717) is 18.9 Å². The predicted octanol–water partition coefficient (Wildman–Crippen LogP) is 0.359. The largest absolute Gasteiger partial charge is 0.391 e. The van der Waals surface area contributed by atoms with Gasteiger partial charge in [-0.2, -0.15) is 0 Å². The Morgan fingerprint density at radius 3 is 2.94 bits per heavy atom. The molecule has 92 valence electrons. The van der Waals surface area contributed by atoms with E-state index in [1.165, 1.54) is 12.8 Å². The Morgan fingerprint density at radius 2 is 2.31 bits per heavy atom. The molecule has 2 N–H and O–H groups in total. The minimum absolute atomic E-state index is 0.224. The third kappa shape index (κ3) is 3.19. The van der Waals surface area contributed by atoms with Crippen molar-refractivity contribution in [2.24, 2.45) is 5.92 Å². The molecule has 2 saturated heterocycles. The Hall–Kier alpha value is -0.610. The maximum Gasteiger partial charge on any atom is 0.222 e. The molecule has 16 heavy (non-hydrogen) atoms. The number of rotatable bonds is 3. The van der Waals surface area contributed by atoms with Crippen LogP contribution in [0.4, 0.5) is 0 Å². The lowest BCUT2D eigenvalue weighted by atomic mass is 9.94. The molecule has 2 heterocycles. The number of amides is 1. The van der Waals surface area contributed by atoms with Gasteiger partial charge in [0.05, 0.1) is 6.10 Å². The number of hydrogen-bond acceptors (Lipinski definition) is 3. The summed E-state index contributed by atoms with van der Waals surface area (Å²) in [6.07, 6.45) is 4.60. The molecule has 2 fully saturated rings. The van der Waals surface area contributed by atoms with Crippen LogP contribution in [-0.4, -0.2) is 48.2 Å². The van der Waals surface area contributed by atoms with Gasteiger partial charge in [0.2, 0.25) is 5.91 Å². The monoisotopic (exact) mass is 226 g/mol. The number of nitrogens with one attached hydrogen (secondary N) is 1. The molecule has 0 aromatic heterocycles. The number of likely N-dealkylation sites (tertiary alicyclic amines) is 1. The maximum atomic E-state index is 11.8. The Kier molecular flexibility index (Phi) is 4.18. The zero-order valence-corrected chi connectivity index (χ0v) is 9.82. The average Bonchev–Trinajstić information content (AvgIpc) is 2.74. The van der Waals surface area contributed by atoms with Crippen molar-refractivity contribution in [2.45, 2.75) is 38.2 Å². The number of aliphatic hydroxyl groups excluding tert-OH is 1. The van der Waals surface area contributed by atoms with Gasteiger partial charge in [0.25, 0.3) is 0 Å². The van der Waals surface area contributed by atoms with Crippen molar-refractivity contribution in [3.63, 3.8) is 0 Å². The van der Waals surface area contributed by atoms with Gasteiger partial charge >= 0.3 is 0 Å². The van der Waals surface area contributed by atoms with Gasteiger partial charge in [-0.05, 0) is 44.7 Å². The minimum Gasteiger partial charge on any atom is -0.391 e. The highest BCUT2D eigenvalue weighted by molar-refractivity contribution is 5.76. The molecule has 0 aliphatic carbocycles. The van der Waals surface area contributed by atoms with Crippen molar-refractivity contribution in [2.75, 3.05) is 26.2 Å². The first-order valence-electron chi connectivity index (χ1n) is 6.42. The fraction of sp³-hybridized carbons (Fsp3) is 0.917. The molecular weight excluding hydrogens is 204 g/mol.